The number of hydrogen-bond acceptors (Lipinski definition) is 4. The molecule has 2 N–H and O–H groups in total. The first-order valence-electron chi connectivity index (χ1n) is 5.39. The predicted molar refractivity (Wildman–Crippen MR) is 60.7 cm³/mol. The third-order valence-corrected chi connectivity index (χ3v) is 2.39. The van der Waals surface area contributed by atoms with Crippen molar-refractivity contribution < 1.29 is 0 Å². The average Bonchev–Trinajstić information content (AvgIpc) is 2.75. The third kappa shape index (κ3) is 2.64. The van der Waals surface area contributed by atoms with E-state index in [0.717, 1.165) is 25.2 Å². The fourth-order valence-electron chi connectivity index (χ4n) is 1.54. The number of aromatic nitrogens is 4. The molecule has 0 aliphatic carbocycles. The SMILES string of the molecule is NCCCn1nnnc1Cc1ccccc1. The van der Waals surface area contributed by atoms with Crippen LogP contribution >= 0.6 is 0 Å². The normalized spacial score (nSPS) is 10.6. The molecule has 5 heteroatoms. The number of benzene rings is 1. The number of nitrogens with zero attached hydrogens (tertiary/aromatic N) is 4. The Balaban J connectivity index is 2.07. The predicted octanol–water partition coefficient (Wildman–Crippen LogP) is 0.613. The lowest BCUT2D eigenvalue weighted by molar-refractivity contribution is 0.547. The summed E-state index contributed by atoms with van der Waals surface area (Å²) in [5, 5.41) is 11.7. The van der Waals surface area contributed by atoms with Crippen LogP contribution in [0.3, 0.4) is 0 Å². The molecule has 2 aromatic rings. The van der Waals surface area contributed by atoms with Crippen LogP contribution in [0.25, 0.3) is 0 Å². The topological polar surface area (TPSA) is 69.6 Å². The average molecular weight is 217 g/mol. The van der Waals surface area contributed by atoms with Gasteiger partial charge < -0.3 is 5.73 Å². The Morgan fingerprint density at radius 1 is 1.19 bits per heavy atom. The molecule has 0 saturated heterocycles. The smallest absolute Gasteiger partial charge is 0.155 e. The molecule has 0 unspecified atom stereocenters. The largest absolute Gasteiger partial charge is 0.330 e. The van der Waals surface area contributed by atoms with Gasteiger partial charge in [0.2, 0.25) is 0 Å². The van der Waals surface area contributed by atoms with Crippen molar-refractivity contribution in [3.63, 3.8) is 0 Å². The van der Waals surface area contributed by atoms with E-state index in [1.165, 1.54) is 5.56 Å². The molecular weight excluding hydrogens is 202 g/mol. The van der Waals surface area contributed by atoms with E-state index in [0.29, 0.717) is 6.54 Å². The highest BCUT2D eigenvalue weighted by molar-refractivity contribution is 5.18. The second-order valence-corrected chi connectivity index (χ2v) is 3.62. The molecule has 0 aliphatic rings. The van der Waals surface area contributed by atoms with E-state index < -0.39 is 0 Å². The van der Waals surface area contributed by atoms with Gasteiger partial charge in [0.25, 0.3) is 0 Å². The molecule has 0 atom stereocenters. The highest BCUT2D eigenvalue weighted by Crippen LogP contribution is 2.05. The van der Waals surface area contributed by atoms with Gasteiger partial charge in [0, 0.05) is 13.0 Å². The second kappa shape index (κ2) is 5.37. The molecule has 16 heavy (non-hydrogen) atoms. The fraction of sp³-hybridized carbons (Fsp3) is 0.364. The molecule has 0 aliphatic heterocycles. The van der Waals surface area contributed by atoms with E-state index in [1.807, 2.05) is 22.9 Å². The zero-order chi connectivity index (χ0) is 11.2. The van der Waals surface area contributed by atoms with Crippen LogP contribution in [-0.2, 0) is 13.0 Å². The lowest BCUT2D eigenvalue weighted by Gasteiger charge is -2.03. The van der Waals surface area contributed by atoms with Gasteiger partial charge in [0.15, 0.2) is 5.82 Å². The summed E-state index contributed by atoms with van der Waals surface area (Å²) >= 11 is 0. The third-order valence-electron chi connectivity index (χ3n) is 2.39. The Hall–Kier alpha value is -1.75. The molecule has 1 aromatic carbocycles. The first-order valence-corrected chi connectivity index (χ1v) is 5.39. The summed E-state index contributed by atoms with van der Waals surface area (Å²) in [7, 11) is 0. The van der Waals surface area contributed by atoms with Gasteiger partial charge in [-0.3, -0.25) is 0 Å². The molecule has 0 saturated carbocycles. The van der Waals surface area contributed by atoms with Crippen LogP contribution in [0.5, 0.6) is 0 Å². The van der Waals surface area contributed by atoms with Crippen molar-refractivity contribution >= 4 is 0 Å². The summed E-state index contributed by atoms with van der Waals surface area (Å²) in [6.07, 6.45) is 1.66. The lowest BCUT2D eigenvalue weighted by atomic mass is 10.1. The zero-order valence-corrected chi connectivity index (χ0v) is 9.08. The van der Waals surface area contributed by atoms with E-state index >= 15 is 0 Å². The van der Waals surface area contributed by atoms with Crippen molar-refractivity contribution in [2.75, 3.05) is 6.54 Å². The molecule has 1 aromatic heterocycles. The van der Waals surface area contributed by atoms with Gasteiger partial charge in [-0.25, -0.2) is 4.68 Å². The number of aryl methyl sites for hydroxylation is 1. The summed E-state index contributed by atoms with van der Waals surface area (Å²) in [6.45, 7) is 1.44. The van der Waals surface area contributed by atoms with Gasteiger partial charge in [-0.1, -0.05) is 30.3 Å². The maximum absolute atomic E-state index is 5.47. The van der Waals surface area contributed by atoms with Gasteiger partial charge in [-0.05, 0) is 29.0 Å². The maximum Gasteiger partial charge on any atom is 0.155 e. The molecule has 84 valence electrons. The van der Waals surface area contributed by atoms with E-state index in [1.54, 1.807) is 0 Å². The molecule has 2 rings (SSSR count). The molecule has 0 bridgehead atoms. The van der Waals surface area contributed by atoms with E-state index in [2.05, 4.69) is 27.7 Å². The first-order chi connectivity index (χ1) is 7.90. The van der Waals surface area contributed by atoms with Gasteiger partial charge in [-0.2, -0.15) is 0 Å². The van der Waals surface area contributed by atoms with Crippen LogP contribution in [0.1, 0.15) is 17.8 Å². The van der Waals surface area contributed by atoms with Gasteiger partial charge in [0.05, 0.1) is 0 Å². The fourth-order valence-corrected chi connectivity index (χ4v) is 1.54. The van der Waals surface area contributed by atoms with Crippen molar-refractivity contribution in [3.05, 3.63) is 41.7 Å². The van der Waals surface area contributed by atoms with Crippen LogP contribution in [0.2, 0.25) is 0 Å². The number of rotatable bonds is 5. The van der Waals surface area contributed by atoms with E-state index in [-0.39, 0.29) is 0 Å². The summed E-state index contributed by atoms with van der Waals surface area (Å²) < 4.78 is 1.82. The second-order valence-electron chi connectivity index (χ2n) is 3.62. The minimum atomic E-state index is 0.657. The van der Waals surface area contributed by atoms with Gasteiger partial charge in [-0.15, -0.1) is 5.10 Å². The molecular formula is C11H15N5. The Labute approximate surface area is 94.3 Å². The first kappa shape index (κ1) is 10.8. The summed E-state index contributed by atoms with van der Waals surface area (Å²) in [4.78, 5) is 0. The van der Waals surface area contributed by atoms with Crippen LogP contribution < -0.4 is 5.73 Å². The van der Waals surface area contributed by atoms with Crippen molar-refractivity contribution in [1.82, 2.24) is 20.2 Å². The molecule has 1 heterocycles. The Kier molecular flexibility index (Phi) is 3.61. The number of nitrogens with two attached hydrogens (primary N) is 1. The molecule has 0 fully saturated rings. The van der Waals surface area contributed by atoms with Gasteiger partial charge in [0.1, 0.15) is 0 Å². The van der Waals surface area contributed by atoms with Crippen LogP contribution in [0, 0.1) is 0 Å². The van der Waals surface area contributed by atoms with E-state index in [9.17, 15) is 0 Å². The van der Waals surface area contributed by atoms with Crippen LogP contribution in [0.15, 0.2) is 30.3 Å². The van der Waals surface area contributed by atoms with Crippen molar-refractivity contribution in [2.45, 2.75) is 19.4 Å². The highest BCUT2D eigenvalue weighted by atomic mass is 15.5. The minimum Gasteiger partial charge on any atom is -0.330 e. The van der Waals surface area contributed by atoms with Crippen LogP contribution in [0.4, 0.5) is 0 Å². The summed E-state index contributed by atoms with van der Waals surface area (Å²) in [5.41, 5.74) is 6.68. The zero-order valence-electron chi connectivity index (χ0n) is 9.08. The monoisotopic (exact) mass is 217 g/mol. The quantitative estimate of drug-likeness (QED) is 0.796. The molecule has 0 spiro atoms. The Bertz CT molecular complexity index is 423. The maximum atomic E-state index is 5.47. The van der Waals surface area contributed by atoms with Crippen LogP contribution in [-0.4, -0.2) is 26.8 Å². The molecule has 0 amide bonds. The Morgan fingerprint density at radius 2 is 2.00 bits per heavy atom. The lowest BCUT2D eigenvalue weighted by Crippen LogP contribution is -2.10. The summed E-state index contributed by atoms with van der Waals surface area (Å²) in [6, 6.07) is 10.2. The number of hydrogen-bond donors (Lipinski definition) is 1. The van der Waals surface area contributed by atoms with Crippen molar-refractivity contribution in [3.8, 4) is 0 Å². The number of tetrazole rings is 1. The Morgan fingerprint density at radius 3 is 2.75 bits per heavy atom. The van der Waals surface area contributed by atoms with Gasteiger partial charge >= 0.3 is 0 Å². The standard InChI is InChI=1S/C11H15N5/c12-7-4-8-16-11(13-14-15-16)9-10-5-2-1-3-6-10/h1-3,5-6H,4,7-9,12H2. The summed E-state index contributed by atoms with van der Waals surface area (Å²) in [5.74, 6) is 0.889. The highest BCUT2D eigenvalue weighted by Gasteiger charge is 2.05. The minimum absolute atomic E-state index is 0.657. The molecule has 0 radical (unpaired) electrons. The van der Waals surface area contributed by atoms with Crippen molar-refractivity contribution in [1.29, 1.82) is 0 Å². The van der Waals surface area contributed by atoms with E-state index in [4.69, 9.17) is 5.73 Å². The molecule has 5 nitrogen and oxygen atoms in total. The van der Waals surface area contributed by atoms with Crippen molar-refractivity contribution in [2.24, 2.45) is 5.73 Å².